The highest BCUT2D eigenvalue weighted by atomic mass is 79.9. The third kappa shape index (κ3) is 8.67. The summed E-state index contributed by atoms with van der Waals surface area (Å²) in [7, 11) is 0. The largest absolute Gasteiger partial charge is 0.399 e. The molecule has 0 aromatic heterocycles. The molecule has 3 heteroatoms. The van der Waals surface area contributed by atoms with E-state index in [0.29, 0.717) is 0 Å². The van der Waals surface area contributed by atoms with Crippen LogP contribution in [0.3, 0.4) is 0 Å². The topological polar surface area (TPSA) is 38.0 Å². The average Bonchev–Trinajstić information content (AvgIpc) is 3.61. The second kappa shape index (κ2) is 17.8. The molecule has 0 amide bonds. The molecule has 8 aromatic rings. The minimum Gasteiger partial charge on any atom is -0.399 e. The van der Waals surface area contributed by atoms with Crippen molar-refractivity contribution in [1.82, 2.24) is 0 Å². The summed E-state index contributed by atoms with van der Waals surface area (Å²) in [6.07, 6.45) is 0. The van der Waals surface area contributed by atoms with Crippen LogP contribution in [0.5, 0.6) is 0 Å². The zero-order valence-corrected chi connectivity index (χ0v) is 34.5. The van der Waals surface area contributed by atoms with Crippen LogP contribution < -0.4 is 11.1 Å². The Hall–Kier alpha value is -6.16. The van der Waals surface area contributed by atoms with Gasteiger partial charge in [0.25, 0.3) is 0 Å². The van der Waals surface area contributed by atoms with Crippen LogP contribution in [0.15, 0.2) is 199 Å². The van der Waals surface area contributed by atoms with Crippen molar-refractivity contribution in [2.45, 2.75) is 53.4 Å². The molecule has 0 saturated carbocycles. The Labute approximate surface area is 361 Å². The molecule has 0 radical (unpaired) electrons. The normalized spacial score (nSPS) is 12.9. The maximum Gasteiger partial charge on any atom is 0.0387 e. The predicted molar refractivity (Wildman–Crippen MR) is 261 cm³/mol. The van der Waals surface area contributed by atoms with Gasteiger partial charge >= 0.3 is 0 Å². The molecule has 3 N–H and O–H groups in total. The van der Waals surface area contributed by atoms with Crippen LogP contribution >= 0.6 is 15.9 Å². The van der Waals surface area contributed by atoms with E-state index in [9.17, 15) is 0 Å². The lowest BCUT2D eigenvalue weighted by molar-refractivity contribution is 0.660. The van der Waals surface area contributed by atoms with Crippen LogP contribution in [0.2, 0.25) is 0 Å². The summed E-state index contributed by atoms with van der Waals surface area (Å²) < 4.78 is 1.16. The first-order valence-corrected chi connectivity index (χ1v) is 20.4. The minimum absolute atomic E-state index is 0. The number of anilines is 3. The number of benzene rings is 8. The summed E-state index contributed by atoms with van der Waals surface area (Å²) >= 11 is 3.56. The molecule has 2 aliphatic rings. The molecule has 0 spiro atoms. The summed E-state index contributed by atoms with van der Waals surface area (Å²) in [4.78, 5) is 0. The molecule has 0 aliphatic heterocycles. The number of rotatable bonds is 4. The van der Waals surface area contributed by atoms with Gasteiger partial charge in [0.15, 0.2) is 0 Å². The number of fused-ring (bicyclic) bond motifs is 6. The van der Waals surface area contributed by atoms with Gasteiger partial charge in [0.1, 0.15) is 0 Å². The Morgan fingerprint density at radius 2 is 0.746 bits per heavy atom. The number of halogens is 1. The number of hydrogen-bond donors (Lipinski definition) is 2. The highest BCUT2D eigenvalue weighted by molar-refractivity contribution is 9.10. The molecule has 0 heterocycles. The second-order valence-electron chi connectivity index (χ2n) is 15.8. The van der Waals surface area contributed by atoms with Crippen molar-refractivity contribution in [1.29, 1.82) is 0 Å². The Morgan fingerprint density at radius 3 is 1.25 bits per heavy atom. The van der Waals surface area contributed by atoms with Gasteiger partial charge in [-0.15, -0.1) is 0 Å². The number of nitrogens with one attached hydrogen (secondary N) is 1. The highest BCUT2D eigenvalue weighted by Gasteiger charge is 2.36. The predicted octanol–water partition coefficient (Wildman–Crippen LogP) is 16.4. The first kappa shape index (κ1) is 42.4. The van der Waals surface area contributed by atoms with E-state index in [-0.39, 0.29) is 25.7 Å². The monoisotopic (exact) mass is 834 g/mol. The van der Waals surface area contributed by atoms with Crippen LogP contribution in [-0.4, -0.2) is 0 Å². The Kier molecular flexibility index (Phi) is 12.8. The van der Waals surface area contributed by atoms with E-state index in [0.717, 1.165) is 21.5 Å². The van der Waals surface area contributed by atoms with Gasteiger partial charge in [0.2, 0.25) is 0 Å². The van der Waals surface area contributed by atoms with E-state index in [1.165, 1.54) is 66.8 Å². The molecule has 0 fully saturated rings. The fourth-order valence-electron chi connectivity index (χ4n) is 8.31. The fraction of sp³-hybridized carbons (Fsp3) is 0.143. The third-order valence-corrected chi connectivity index (χ3v) is 11.9. The molecule has 296 valence electrons. The quantitative estimate of drug-likeness (QED) is 0.173. The van der Waals surface area contributed by atoms with Gasteiger partial charge in [0, 0.05) is 32.4 Å². The van der Waals surface area contributed by atoms with Gasteiger partial charge in [-0.1, -0.05) is 204 Å². The van der Waals surface area contributed by atoms with Crippen molar-refractivity contribution >= 4 is 33.0 Å². The lowest BCUT2D eigenvalue weighted by Gasteiger charge is -2.22. The van der Waals surface area contributed by atoms with Gasteiger partial charge in [-0.25, -0.2) is 0 Å². The van der Waals surface area contributed by atoms with E-state index in [2.05, 4.69) is 195 Å². The van der Waals surface area contributed by atoms with Crippen molar-refractivity contribution in [3.05, 3.63) is 221 Å². The summed E-state index contributed by atoms with van der Waals surface area (Å²) in [5.41, 5.74) is 24.8. The van der Waals surface area contributed by atoms with Gasteiger partial charge < -0.3 is 11.1 Å². The zero-order chi connectivity index (χ0) is 39.6. The SMILES string of the molecule is C.C.CC1(C)c2ccccc2-c2ccc(Br)cc21.CC1(C)c2ccccc2-c2ccc(Nc3ccc(-c4ccccc4)cc3)cc21.Nc1ccc(-c2ccccc2)cc1. The summed E-state index contributed by atoms with van der Waals surface area (Å²) in [5.74, 6) is 0. The number of nitrogen functional groups attached to an aromatic ring is 1. The van der Waals surface area contributed by atoms with Crippen molar-refractivity contribution < 1.29 is 0 Å². The maximum absolute atomic E-state index is 5.60. The van der Waals surface area contributed by atoms with Crippen LogP contribution in [0.25, 0.3) is 44.5 Å². The summed E-state index contributed by atoms with van der Waals surface area (Å²) in [6, 6.07) is 68.1. The van der Waals surface area contributed by atoms with E-state index in [1.807, 2.05) is 48.5 Å². The second-order valence-corrected chi connectivity index (χ2v) is 16.8. The molecule has 0 unspecified atom stereocenters. The molecule has 0 saturated heterocycles. The zero-order valence-electron chi connectivity index (χ0n) is 32.9. The molecule has 0 bridgehead atoms. The molecule has 2 aliphatic carbocycles. The highest BCUT2D eigenvalue weighted by Crippen LogP contribution is 2.50. The van der Waals surface area contributed by atoms with Crippen molar-refractivity contribution in [2.75, 3.05) is 11.1 Å². The van der Waals surface area contributed by atoms with Crippen LogP contribution in [0.1, 0.15) is 64.8 Å². The van der Waals surface area contributed by atoms with Gasteiger partial charge in [-0.05, 0) is 115 Å². The molecule has 2 nitrogen and oxygen atoms in total. The summed E-state index contributed by atoms with van der Waals surface area (Å²) in [5, 5.41) is 3.58. The van der Waals surface area contributed by atoms with E-state index in [1.54, 1.807) is 0 Å². The van der Waals surface area contributed by atoms with Crippen LogP contribution in [0, 0.1) is 0 Å². The molecule has 8 aromatic carbocycles. The number of hydrogen-bond acceptors (Lipinski definition) is 2. The van der Waals surface area contributed by atoms with Gasteiger partial charge in [-0.2, -0.15) is 0 Å². The maximum atomic E-state index is 5.60. The average molecular weight is 836 g/mol. The number of nitrogens with two attached hydrogens (primary N) is 1. The molecule has 0 atom stereocenters. The molecule has 59 heavy (non-hydrogen) atoms. The fourth-order valence-corrected chi connectivity index (χ4v) is 8.67. The Morgan fingerprint density at radius 1 is 0.373 bits per heavy atom. The Bertz CT molecular complexity index is 2640. The first-order valence-electron chi connectivity index (χ1n) is 19.6. The summed E-state index contributed by atoms with van der Waals surface area (Å²) in [6.45, 7) is 9.22. The van der Waals surface area contributed by atoms with Crippen LogP contribution in [0.4, 0.5) is 17.1 Å². The van der Waals surface area contributed by atoms with Crippen molar-refractivity contribution in [3.63, 3.8) is 0 Å². The molecule has 10 rings (SSSR count). The lowest BCUT2D eigenvalue weighted by Crippen LogP contribution is -2.15. The third-order valence-electron chi connectivity index (χ3n) is 11.4. The molecular weight excluding hydrogens is 781 g/mol. The lowest BCUT2D eigenvalue weighted by atomic mass is 9.82. The van der Waals surface area contributed by atoms with E-state index >= 15 is 0 Å². The first-order chi connectivity index (χ1) is 27.6. The van der Waals surface area contributed by atoms with E-state index < -0.39 is 0 Å². The standard InChI is InChI=1S/C27H23N.C15H13Br.C12H11N.2CH4/c1-27(2)25-11-7-6-10-23(25)24-17-16-22(18-26(24)27)28-21-14-12-20(13-15-21)19-8-4-3-5-9-19;1-15(2)13-6-4-3-5-11(13)12-8-7-10(16)9-14(12)15;13-12-8-6-11(7-9-12)10-4-2-1-3-5-10;;/h3-18,28H,1-2H3;3-9H,1-2H3;1-9H,13H2;2*1H4. The Balaban J connectivity index is 0.000000160. The van der Waals surface area contributed by atoms with Crippen molar-refractivity contribution in [2.24, 2.45) is 0 Å². The van der Waals surface area contributed by atoms with Gasteiger partial charge in [0.05, 0.1) is 0 Å². The minimum atomic E-state index is 0. The van der Waals surface area contributed by atoms with Crippen LogP contribution in [-0.2, 0) is 10.8 Å². The van der Waals surface area contributed by atoms with Gasteiger partial charge in [-0.3, -0.25) is 0 Å². The smallest absolute Gasteiger partial charge is 0.0387 e. The molecular formula is C56H55BrN2. The van der Waals surface area contributed by atoms with Crippen molar-refractivity contribution in [3.8, 4) is 44.5 Å². The van der Waals surface area contributed by atoms with E-state index in [4.69, 9.17) is 5.73 Å².